The number of hydrogen-bond acceptors (Lipinski definition) is 6. The molecule has 4 rings (SSSR count). The summed E-state index contributed by atoms with van der Waals surface area (Å²) in [4.78, 5) is 31.9. The van der Waals surface area contributed by atoms with Crippen molar-refractivity contribution in [3.63, 3.8) is 0 Å². The third-order valence-electron chi connectivity index (χ3n) is 6.11. The molecule has 0 spiro atoms. The summed E-state index contributed by atoms with van der Waals surface area (Å²) >= 11 is 4.85. The summed E-state index contributed by atoms with van der Waals surface area (Å²) in [6, 6.07) is 6.92. The van der Waals surface area contributed by atoms with Crippen LogP contribution in [0.4, 0.5) is 0 Å². The van der Waals surface area contributed by atoms with Crippen molar-refractivity contribution in [1.82, 2.24) is 9.13 Å². The van der Waals surface area contributed by atoms with E-state index in [0.717, 1.165) is 27.0 Å². The summed E-state index contributed by atoms with van der Waals surface area (Å²) in [5.41, 5.74) is 4.61. The zero-order valence-corrected chi connectivity index (χ0v) is 22.3. The van der Waals surface area contributed by atoms with Gasteiger partial charge in [0.1, 0.15) is 5.75 Å². The van der Waals surface area contributed by atoms with Crippen LogP contribution in [0.5, 0.6) is 5.75 Å². The fraction of sp³-hybridized carbons (Fsp3) is 0.320. The minimum absolute atomic E-state index is 0.198. The zero-order valence-electron chi connectivity index (χ0n) is 19.9. The molecule has 0 unspecified atom stereocenters. The van der Waals surface area contributed by atoms with Crippen molar-refractivity contribution in [2.45, 2.75) is 33.7 Å². The predicted molar refractivity (Wildman–Crippen MR) is 136 cm³/mol. The van der Waals surface area contributed by atoms with Gasteiger partial charge in [0.25, 0.3) is 5.56 Å². The van der Waals surface area contributed by atoms with E-state index in [0.29, 0.717) is 26.4 Å². The van der Waals surface area contributed by atoms with E-state index < -0.39 is 12.0 Å². The molecule has 0 saturated heterocycles. The monoisotopic (exact) mass is 543 g/mol. The standard InChI is InChI=1S/C25H26BrN3O4S/c1-7-33-24(31)21-14(3)27-25-29(22(21)16-8-9-19(32-6)18(26)11-16)23(30)20(34-25)12-17-10-13(2)28(5)15(17)4/h8-12,22H,7H2,1-6H3/b20-12+/t22-/m0/s1. The first kappa shape index (κ1) is 24.2. The summed E-state index contributed by atoms with van der Waals surface area (Å²) in [6.45, 7) is 7.82. The molecule has 0 amide bonds. The van der Waals surface area contributed by atoms with Crippen LogP contribution in [0.3, 0.4) is 0 Å². The number of aryl methyl sites for hydroxylation is 1. The number of fused-ring (bicyclic) bond motifs is 1. The van der Waals surface area contributed by atoms with Crippen molar-refractivity contribution in [2.24, 2.45) is 12.0 Å². The molecular weight excluding hydrogens is 518 g/mol. The molecule has 3 aromatic rings. The Bertz CT molecular complexity index is 1510. The zero-order chi connectivity index (χ0) is 24.7. The quantitative estimate of drug-likeness (QED) is 0.461. The first-order valence-electron chi connectivity index (χ1n) is 10.8. The molecule has 1 aliphatic rings. The predicted octanol–water partition coefficient (Wildman–Crippen LogP) is 3.52. The Morgan fingerprint density at radius 2 is 2.00 bits per heavy atom. The lowest BCUT2D eigenvalue weighted by molar-refractivity contribution is -0.139. The van der Waals surface area contributed by atoms with Crippen LogP contribution in [0, 0.1) is 13.8 Å². The molecule has 0 bridgehead atoms. The topological polar surface area (TPSA) is 74.8 Å². The van der Waals surface area contributed by atoms with Gasteiger partial charge in [-0.3, -0.25) is 9.36 Å². The first-order valence-corrected chi connectivity index (χ1v) is 12.4. The molecule has 2 aromatic heterocycles. The van der Waals surface area contributed by atoms with Gasteiger partial charge in [-0.2, -0.15) is 0 Å². The number of nitrogens with zero attached hydrogens (tertiary/aromatic N) is 3. The average Bonchev–Trinajstić information content (AvgIpc) is 3.23. The van der Waals surface area contributed by atoms with Crippen molar-refractivity contribution >= 4 is 39.3 Å². The van der Waals surface area contributed by atoms with Crippen LogP contribution < -0.4 is 19.6 Å². The minimum Gasteiger partial charge on any atom is -0.496 e. The highest BCUT2D eigenvalue weighted by molar-refractivity contribution is 9.10. The van der Waals surface area contributed by atoms with Gasteiger partial charge in [-0.15, -0.1) is 0 Å². The third-order valence-corrected chi connectivity index (χ3v) is 7.71. The van der Waals surface area contributed by atoms with Gasteiger partial charge in [0, 0.05) is 18.4 Å². The molecule has 0 aliphatic carbocycles. The second-order valence-electron chi connectivity index (χ2n) is 8.08. The van der Waals surface area contributed by atoms with Crippen LogP contribution >= 0.6 is 27.3 Å². The van der Waals surface area contributed by atoms with E-state index in [9.17, 15) is 9.59 Å². The van der Waals surface area contributed by atoms with Crippen LogP contribution in [0.25, 0.3) is 6.08 Å². The summed E-state index contributed by atoms with van der Waals surface area (Å²) in [6.07, 6.45) is 1.90. The third kappa shape index (κ3) is 4.07. The van der Waals surface area contributed by atoms with Crippen molar-refractivity contribution in [2.75, 3.05) is 13.7 Å². The Labute approximate surface area is 209 Å². The average molecular weight is 544 g/mol. The molecule has 7 nitrogen and oxygen atoms in total. The number of hydrogen-bond donors (Lipinski definition) is 0. The number of ether oxygens (including phenoxy) is 2. The molecular formula is C25H26BrN3O4S. The van der Waals surface area contributed by atoms with Gasteiger partial charge in [-0.1, -0.05) is 17.4 Å². The SMILES string of the molecule is CCOC(=O)C1=C(C)N=c2s/c(=C/c3cc(C)n(C)c3C)c(=O)n2[C@H]1c1ccc(OC)c(Br)c1. The van der Waals surface area contributed by atoms with Crippen LogP contribution in [-0.2, 0) is 16.6 Å². The number of halogens is 1. The Kier molecular flexibility index (Phi) is 6.69. The van der Waals surface area contributed by atoms with Gasteiger partial charge >= 0.3 is 5.97 Å². The largest absolute Gasteiger partial charge is 0.496 e. The van der Waals surface area contributed by atoms with Crippen molar-refractivity contribution in [1.29, 1.82) is 0 Å². The Morgan fingerprint density at radius 3 is 2.59 bits per heavy atom. The molecule has 0 saturated carbocycles. The van der Waals surface area contributed by atoms with E-state index in [2.05, 4.69) is 31.6 Å². The molecule has 178 valence electrons. The smallest absolute Gasteiger partial charge is 0.338 e. The van der Waals surface area contributed by atoms with Crippen molar-refractivity contribution in [3.05, 3.63) is 82.2 Å². The molecule has 3 heterocycles. The Morgan fingerprint density at radius 1 is 1.26 bits per heavy atom. The summed E-state index contributed by atoms with van der Waals surface area (Å²) < 4.78 is 15.7. The number of rotatable bonds is 5. The number of esters is 1. The van der Waals surface area contributed by atoms with E-state index in [1.165, 1.54) is 11.3 Å². The summed E-state index contributed by atoms with van der Waals surface area (Å²) in [5.74, 6) is 0.175. The molecule has 0 radical (unpaired) electrons. The minimum atomic E-state index is -0.668. The van der Waals surface area contributed by atoms with E-state index >= 15 is 0 Å². The van der Waals surface area contributed by atoms with E-state index in [1.54, 1.807) is 25.5 Å². The maximum Gasteiger partial charge on any atom is 0.338 e. The molecule has 1 aromatic carbocycles. The first-order chi connectivity index (χ1) is 16.2. The molecule has 34 heavy (non-hydrogen) atoms. The maximum atomic E-state index is 13.7. The number of methoxy groups -OCH3 is 1. The van der Waals surface area contributed by atoms with Crippen LogP contribution in [0.15, 0.2) is 49.8 Å². The van der Waals surface area contributed by atoms with Crippen LogP contribution in [0.2, 0.25) is 0 Å². The number of carbonyl (C=O) groups excluding carboxylic acids is 1. The van der Waals surface area contributed by atoms with E-state index in [4.69, 9.17) is 9.47 Å². The van der Waals surface area contributed by atoms with Gasteiger partial charge in [0.05, 0.1) is 40.0 Å². The maximum absolute atomic E-state index is 13.7. The second kappa shape index (κ2) is 9.38. The number of aromatic nitrogens is 2. The highest BCUT2D eigenvalue weighted by Crippen LogP contribution is 2.35. The highest BCUT2D eigenvalue weighted by atomic mass is 79.9. The molecule has 1 aliphatic heterocycles. The molecule has 9 heteroatoms. The Hall–Kier alpha value is -2.91. The summed E-state index contributed by atoms with van der Waals surface area (Å²) in [7, 11) is 3.59. The number of allylic oxidation sites excluding steroid dienone is 1. The molecule has 0 fully saturated rings. The number of benzene rings is 1. The number of carbonyl (C=O) groups is 1. The van der Waals surface area contributed by atoms with Gasteiger partial charge in [-0.25, -0.2) is 9.79 Å². The normalized spacial score (nSPS) is 15.9. The van der Waals surface area contributed by atoms with Gasteiger partial charge in [0.2, 0.25) is 0 Å². The molecule has 1 atom stereocenters. The van der Waals surface area contributed by atoms with E-state index in [1.807, 2.05) is 45.2 Å². The van der Waals surface area contributed by atoms with Gasteiger partial charge in [0.15, 0.2) is 4.80 Å². The Balaban J connectivity index is 1.98. The van der Waals surface area contributed by atoms with E-state index in [-0.39, 0.29) is 12.2 Å². The summed E-state index contributed by atoms with van der Waals surface area (Å²) in [5, 5.41) is 0. The lowest BCUT2D eigenvalue weighted by Crippen LogP contribution is -2.40. The fourth-order valence-corrected chi connectivity index (χ4v) is 5.73. The highest BCUT2D eigenvalue weighted by Gasteiger charge is 2.33. The van der Waals surface area contributed by atoms with Gasteiger partial charge in [-0.05, 0) is 79.0 Å². The lowest BCUT2D eigenvalue weighted by atomic mass is 9.96. The molecule has 0 N–H and O–H groups in total. The number of thiazole rings is 1. The second-order valence-corrected chi connectivity index (χ2v) is 9.95. The van der Waals surface area contributed by atoms with Crippen LogP contribution in [-0.4, -0.2) is 28.8 Å². The lowest BCUT2D eigenvalue weighted by Gasteiger charge is -2.25. The van der Waals surface area contributed by atoms with Crippen molar-refractivity contribution in [3.8, 4) is 5.75 Å². The van der Waals surface area contributed by atoms with Crippen molar-refractivity contribution < 1.29 is 14.3 Å². The van der Waals surface area contributed by atoms with Crippen LogP contribution in [0.1, 0.15) is 42.4 Å². The fourth-order valence-electron chi connectivity index (χ4n) is 4.13. The van der Waals surface area contributed by atoms with Gasteiger partial charge < -0.3 is 14.0 Å².